The fourth-order valence-electron chi connectivity index (χ4n) is 3.72. The van der Waals surface area contributed by atoms with Gasteiger partial charge in [0.1, 0.15) is 0 Å². The van der Waals surface area contributed by atoms with Gasteiger partial charge in [-0.2, -0.15) is 0 Å². The molecule has 1 unspecified atom stereocenters. The molecule has 0 aliphatic carbocycles. The van der Waals surface area contributed by atoms with Crippen molar-refractivity contribution in [2.45, 2.75) is 25.2 Å². The number of benzene rings is 1. The van der Waals surface area contributed by atoms with Gasteiger partial charge in [-0.3, -0.25) is 14.8 Å². The van der Waals surface area contributed by atoms with Gasteiger partial charge in [0.2, 0.25) is 0 Å². The Morgan fingerprint density at radius 1 is 1.07 bits per heavy atom. The van der Waals surface area contributed by atoms with E-state index >= 15 is 0 Å². The maximum Gasteiger partial charge on any atom is 0.253 e. The van der Waals surface area contributed by atoms with E-state index in [1.54, 1.807) is 24.5 Å². The number of hydrogen-bond acceptors (Lipinski definition) is 3. The third-order valence-corrected chi connectivity index (χ3v) is 5.43. The van der Waals surface area contributed by atoms with Crippen molar-refractivity contribution in [3.05, 3.63) is 94.5 Å². The molecule has 1 aliphatic rings. The van der Waals surface area contributed by atoms with Gasteiger partial charge >= 0.3 is 0 Å². The largest absolute Gasteiger partial charge is 0.338 e. The Kier molecular flexibility index (Phi) is 5.68. The molecule has 0 saturated carbocycles. The molecule has 1 fully saturated rings. The Bertz CT molecular complexity index is 944. The first-order chi connectivity index (χ1) is 13.7. The number of likely N-dealkylation sites (tertiary alicyclic amines) is 1. The van der Waals surface area contributed by atoms with E-state index in [9.17, 15) is 4.79 Å². The quantitative estimate of drug-likeness (QED) is 0.645. The van der Waals surface area contributed by atoms with Crippen molar-refractivity contribution in [3.8, 4) is 0 Å². The number of pyridine rings is 2. The summed E-state index contributed by atoms with van der Waals surface area (Å²) in [6.07, 6.45) is 6.15. The Labute approximate surface area is 170 Å². The number of carbonyl (C=O) groups excluding carboxylic acids is 1. The average Bonchev–Trinajstić information content (AvgIpc) is 2.76. The highest BCUT2D eigenvalue weighted by Crippen LogP contribution is 2.27. The van der Waals surface area contributed by atoms with Gasteiger partial charge in [-0.15, -0.1) is 0 Å². The van der Waals surface area contributed by atoms with E-state index in [1.165, 1.54) is 5.56 Å². The molecule has 0 bridgehead atoms. The van der Waals surface area contributed by atoms with Gasteiger partial charge in [-0.1, -0.05) is 29.8 Å². The molecule has 3 heterocycles. The van der Waals surface area contributed by atoms with Crippen molar-refractivity contribution in [1.82, 2.24) is 14.9 Å². The smallest absolute Gasteiger partial charge is 0.253 e. The number of nitrogens with zero attached hydrogens (tertiary/aromatic N) is 3. The fourth-order valence-corrected chi connectivity index (χ4v) is 3.84. The highest BCUT2D eigenvalue weighted by molar-refractivity contribution is 6.30. The SMILES string of the molecule is O=C(c1ccncc1)N1CCCC(c2cccc(Cc3ccc(Cl)cc3)n2)C1. The fraction of sp³-hybridized carbons (Fsp3) is 0.261. The Hall–Kier alpha value is -2.72. The van der Waals surface area contributed by atoms with Crippen LogP contribution in [0, 0.1) is 0 Å². The molecule has 3 aromatic rings. The normalized spacial score (nSPS) is 16.8. The predicted octanol–water partition coefficient (Wildman–Crippen LogP) is 4.74. The summed E-state index contributed by atoms with van der Waals surface area (Å²) in [4.78, 5) is 23.6. The van der Waals surface area contributed by atoms with Crippen LogP contribution in [0.15, 0.2) is 67.0 Å². The molecule has 1 amide bonds. The molecular weight excluding hydrogens is 370 g/mol. The van der Waals surface area contributed by atoms with Crippen molar-refractivity contribution < 1.29 is 4.79 Å². The monoisotopic (exact) mass is 391 g/mol. The molecule has 1 atom stereocenters. The molecule has 0 radical (unpaired) electrons. The number of carbonyl (C=O) groups is 1. The molecule has 5 heteroatoms. The van der Waals surface area contributed by atoms with E-state index in [0.717, 1.165) is 42.2 Å². The standard InChI is InChI=1S/C23H22ClN3O/c24-20-8-6-17(7-9-20)15-21-4-1-5-22(26-21)19-3-2-14-27(16-19)23(28)18-10-12-25-13-11-18/h1,4-13,19H,2-3,14-16H2. The van der Waals surface area contributed by atoms with Gasteiger partial charge in [0, 0.05) is 59.8 Å². The minimum absolute atomic E-state index is 0.0735. The number of aromatic nitrogens is 2. The summed E-state index contributed by atoms with van der Waals surface area (Å²) < 4.78 is 0. The average molecular weight is 392 g/mol. The molecule has 4 nitrogen and oxygen atoms in total. The zero-order valence-corrected chi connectivity index (χ0v) is 16.3. The second-order valence-electron chi connectivity index (χ2n) is 7.18. The van der Waals surface area contributed by atoms with Crippen LogP contribution in [0.1, 0.15) is 46.1 Å². The first kappa shape index (κ1) is 18.6. The van der Waals surface area contributed by atoms with E-state index in [4.69, 9.17) is 16.6 Å². The van der Waals surface area contributed by atoms with Crippen molar-refractivity contribution in [3.63, 3.8) is 0 Å². The first-order valence-corrected chi connectivity index (χ1v) is 9.96. The van der Waals surface area contributed by atoms with Gasteiger partial charge in [-0.05, 0) is 54.8 Å². The summed E-state index contributed by atoms with van der Waals surface area (Å²) in [5.41, 5.74) is 3.99. The number of halogens is 1. The van der Waals surface area contributed by atoms with E-state index in [1.807, 2.05) is 29.2 Å². The summed E-state index contributed by atoms with van der Waals surface area (Å²) >= 11 is 5.97. The van der Waals surface area contributed by atoms with E-state index in [0.29, 0.717) is 12.1 Å². The van der Waals surface area contributed by atoms with Crippen molar-refractivity contribution in [1.29, 1.82) is 0 Å². The molecule has 2 aromatic heterocycles. The van der Waals surface area contributed by atoms with Gasteiger partial charge in [-0.25, -0.2) is 0 Å². The van der Waals surface area contributed by atoms with Crippen molar-refractivity contribution in [2.24, 2.45) is 0 Å². The lowest BCUT2D eigenvalue weighted by Crippen LogP contribution is -2.39. The molecule has 0 spiro atoms. The highest BCUT2D eigenvalue weighted by atomic mass is 35.5. The van der Waals surface area contributed by atoms with E-state index in [-0.39, 0.29) is 11.8 Å². The van der Waals surface area contributed by atoms with Crippen LogP contribution in [0.5, 0.6) is 0 Å². The molecular formula is C23H22ClN3O. The lowest BCUT2D eigenvalue weighted by molar-refractivity contribution is 0.0705. The first-order valence-electron chi connectivity index (χ1n) is 9.58. The predicted molar refractivity (Wildman–Crippen MR) is 111 cm³/mol. The zero-order chi connectivity index (χ0) is 19.3. The highest BCUT2D eigenvalue weighted by Gasteiger charge is 2.26. The summed E-state index contributed by atoms with van der Waals surface area (Å²) in [5.74, 6) is 0.342. The van der Waals surface area contributed by atoms with Crippen LogP contribution in [0.25, 0.3) is 0 Å². The van der Waals surface area contributed by atoms with Crippen LogP contribution >= 0.6 is 11.6 Å². The maximum atomic E-state index is 12.8. The number of amides is 1. The van der Waals surface area contributed by atoms with Gasteiger partial charge in [0.05, 0.1) is 0 Å². The van der Waals surface area contributed by atoms with E-state index in [2.05, 4.69) is 23.2 Å². The van der Waals surface area contributed by atoms with Crippen molar-refractivity contribution >= 4 is 17.5 Å². The Balaban J connectivity index is 1.47. The van der Waals surface area contributed by atoms with Crippen LogP contribution in [-0.2, 0) is 6.42 Å². The van der Waals surface area contributed by atoms with Crippen LogP contribution in [0.2, 0.25) is 5.02 Å². The lowest BCUT2D eigenvalue weighted by atomic mass is 9.93. The lowest BCUT2D eigenvalue weighted by Gasteiger charge is -2.32. The molecule has 1 aliphatic heterocycles. The third kappa shape index (κ3) is 4.39. The molecule has 4 rings (SSSR count). The topological polar surface area (TPSA) is 46.1 Å². The number of hydrogen-bond donors (Lipinski definition) is 0. The minimum Gasteiger partial charge on any atom is -0.338 e. The number of rotatable bonds is 4. The second-order valence-corrected chi connectivity index (χ2v) is 7.62. The third-order valence-electron chi connectivity index (χ3n) is 5.18. The summed E-state index contributed by atoms with van der Waals surface area (Å²) in [5, 5.41) is 0.742. The Morgan fingerprint density at radius 2 is 1.86 bits per heavy atom. The van der Waals surface area contributed by atoms with Crippen LogP contribution < -0.4 is 0 Å². The van der Waals surface area contributed by atoms with Gasteiger partial charge in [0.25, 0.3) is 5.91 Å². The summed E-state index contributed by atoms with van der Waals surface area (Å²) in [7, 11) is 0. The molecule has 28 heavy (non-hydrogen) atoms. The van der Waals surface area contributed by atoms with Gasteiger partial charge < -0.3 is 4.90 Å². The zero-order valence-electron chi connectivity index (χ0n) is 15.6. The van der Waals surface area contributed by atoms with Crippen LogP contribution in [-0.4, -0.2) is 33.9 Å². The van der Waals surface area contributed by atoms with E-state index < -0.39 is 0 Å². The molecule has 142 valence electrons. The molecule has 1 saturated heterocycles. The van der Waals surface area contributed by atoms with Crippen LogP contribution in [0.3, 0.4) is 0 Å². The Morgan fingerprint density at radius 3 is 2.64 bits per heavy atom. The van der Waals surface area contributed by atoms with Crippen molar-refractivity contribution in [2.75, 3.05) is 13.1 Å². The minimum atomic E-state index is 0.0735. The summed E-state index contributed by atoms with van der Waals surface area (Å²) in [6, 6.07) is 17.6. The van der Waals surface area contributed by atoms with Crippen LogP contribution in [0.4, 0.5) is 0 Å². The summed E-state index contributed by atoms with van der Waals surface area (Å²) in [6.45, 7) is 1.50. The number of piperidine rings is 1. The molecule has 0 N–H and O–H groups in total. The maximum absolute atomic E-state index is 12.8. The second kappa shape index (κ2) is 8.53. The van der Waals surface area contributed by atoms with Gasteiger partial charge in [0.15, 0.2) is 0 Å². The molecule has 1 aromatic carbocycles.